The van der Waals surface area contributed by atoms with E-state index < -0.39 is 0 Å². The molecule has 2 aliphatic rings. The van der Waals surface area contributed by atoms with E-state index in [2.05, 4.69) is 20.6 Å². The summed E-state index contributed by atoms with van der Waals surface area (Å²) in [6.45, 7) is 2.96. The number of fused-ring (bicyclic) bond motifs is 2. The Hall–Kier alpha value is -2.87. The fourth-order valence-corrected chi connectivity index (χ4v) is 4.33. The summed E-state index contributed by atoms with van der Waals surface area (Å²) in [7, 11) is 0. The van der Waals surface area contributed by atoms with Crippen LogP contribution in [-0.4, -0.2) is 41.2 Å². The number of aromatic nitrogens is 2. The second-order valence-corrected chi connectivity index (χ2v) is 8.08. The molecule has 1 amide bonds. The van der Waals surface area contributed by atoms with Gasteiger partial charge in [0.05, 0.1) is 16.8 Å². The predicted molar refractivity (Wildman–Crippen MR) is 107 cm³/mol. The van der Waals surface area contributed by atoms with E-state index in [0.29, 0.717) is 29.9 Å². The first-order valence-corrected chi connectivity index (χ1v) is 10.2. The maximum atomic E-state index is 12.5. The van der Waals surface area contributed by atoms with Crippen molar-refractivity contribution in [3.63, 3.8) is 0 Å². The number of carbonyl (C=O) groups is 1. The van der Waals surface area contributed by atoms with Crippen molar-refractivity contribution in [2.24, 2.45) is 0 Å². The Balaban J connectivity index is 1.34. The molecule has 3 aromatic rings. The molecule has 1 saturated carbocycles. The average Bonchev–Trinajstić information content (AvgIpc) is 3.47. The SMILES string of the molecule is Cc1c(C(=O)NC2CC2)sc2ncnc(NC[C@H]3COc4ccccc4O3)c12. The van der Waals surface area contributed by atoms with Gasteiger partial charge in [-0.3, -0.25) is 4.79 Å². The molecule has 1 aromatic carbocycles. The van der Waals surface area contributed by atoms with Gasteiger partial charge >= 0.3 is 0 Å². The van der Waals surface area contributed by atoms with Crippen LogP contribution in [0, 0.1) is 6.92 Å². The van der Waals surface area contributed by atoms with Crippen LogP contribution in [0.3, 0.4) is 0 Å². The quantitative estimate of drug-likeness (QED) is 0.689. The summed E-state index contributed by atoms with van der Waals surface area (Å²) in [6, 6.07) is 7.98. The Morgan fingerprint density at radius 2 is 2.07 bits per heavy atom. The summed E-state index contributed by atoms with van der Waals surface area (Å²) < 4.78 is 11.8. The van der Waals surface area contributed by atoms with Gasteiger partial charge in [0.25, 0.3) is 5.91 Å². The van der Waals surface area contributed by atoms with Gasteiger partial charge in [-0.1, -0.05) is 12.1 Å². The number of hydrogen-bond acceptors (Lipinski definition) is 7. The molecule has 5 rings (SSSR count). The molecule has 1 atom stereocenters. The minimum absolute atomic E-state index is 0.0189. The standard InChI is InChI=1S/C20H20N4O3S/c1-11-16-18(21-8-13-9-26-14-4-2-3-5-15(14)27-13)22-10-23-20(16)28-17(11)19(25)24-12-6-7-12/h2-5,10,12-13H,6-9H2,1H3,(H,24,25)(H,21,22,23)/t13-/m0/s1. The second-order valence-electron chi connectivity index (χ2n) is 7.08. The summed E-state index contributed by atoms with van der Waals surface area (Å²) in [5.74, 6) is 2.21. The molecule has 28 heavy (non-hydrogen) atoms. The number of thiophene rings is 1. The fraction of sp³-hybridized carbons (Fsp3) is 0.350. The lowest BCUT2D eigenvalue weighted by molar-refractivity contribution is 0.0954. The van der Waals surface area contributed by atoms with Gasteiger partial charge in [-0.2, -0.15) is 0 Å². The largest absolute Gasteiger partial charge is 0.486 e. The number of nitrogens with one attached hydrogen (secondary N) is 2. The lowest BCUT2D eigenvalue weighted by Crippen LogP contribution is -2.35. The third kappa shape index (κ3) is 3.24. The van der Waals surface area contributed by atoms with Crippen molar-refractivity contribution < 1.29 is 14.3 Å². The molecule has 144 valence electrons. The summed E-state index contributed by atoms with van der Waals surface area (Å²) in [4.78, 5) is 22.8. The molecular formula is C20H20N4O3S. The molecular weight excluding hydrogens is 376 g/mol. The van der Waals surface area contributed by atoms with E-state index in [1.54, 1.807) is 0 Å². The zero-order valence-electron chi connectivity index (χ0n) is 15.4. The number of ether oxygens (including phenoxy) is 2. The maximum Gasteiger partial charge on any atom is 0.261 e. The Morgan fingerprint density at radius 1 is 1.25 bits per heavy atom. The smallest absolute Gasteiger partial charge is 0.261 e. The van der Waals surface area contributed by atoms with Crippen molar-refractivity contribution in [2.75, 3.05) is 18.5 Å². The number of hydrogen-bond donors (Lipinski definition) is 2. The first-order valence-electron chi connectivity index (χ1n) is 9.36. The Bertz CT molecular complexity index is 1050. The highest BCUT2D eigenvalue weighted by molar-refractivity contribution is 7.20. The summed E-state index contributed by atoms with van der Waals surface area (Å²) in [6.07, 6.45) is 3.53. The van der Waals surface area contributed by atoms with Gasteiger partial charge < -0.3 is 20.1 Å². The number of aryl methyl sites for hydroxylation is 1. The normalized spacial score (nSPS) is 18.1. The molecule has 2 N–H and O–H groups in total. The first kappa shape index (κ1) is 17.2. The number of anilines is 1. The average molecular weight is 396 g/mol. The number of benzene rings is 1. The van der Waals surface area contributed by atoms with E-state index in [-0.39, 0.29) is 12.0 Å². The number of nitrogens with zero attached hydrogens (tertiary/aromatic N) is 2. The fourth-order valence-electron chi connectivity index (χ4n) is 3.28. The van der Waals surface area contributed by atoms with Gasteiger partial charge in [-0.25, -0.2) is 9.97 Å². The Kier molecular flexibility index (Phi) is 4.27. The van der Waals surface area contributed by atoms with Gasteiger partial charge in [0.15, 0.2) is 11.5 Å². The topological polar surface area (TPSA) is 85.4 Å². The number of amides is 1. The highest BCUT2D eigenvalue weighted by Crippen LogP contribution is 2.34. The van der Waals surface area contributed by atoms with Crippen molar-refractivity contribution in [1.29, 1.82) is 0 Å². The van der Waals surface area contributed by atoms with Gasteiger partial charge in [0, 0.05) is 6.04 Å². The molecule has 1 aliphatic carbocycles. The van der Waals surface area contributed by atoms with E-state index in [1.165, 1.54) is 17.7 Å². The number of carbonyl (C=O) groups excluding carboxylic acids is 1. The van der Waals surface area contributed by atoms with Crippen LogP contribution >= 0.6 is 11.3 Å². The van der Waals surface area contributed by atoms with Gasteiger partial charge in [-0.05, 0) is 37.5 Å². The summed E-state index contributed by atoms with van der Waals surface area (Å²) in [5, 5.41) is 7.30. The minimum Gasteiger partial charge on any atom is -0.486 e. The van der Waals surface area contributed by atoms with Crippen molar-refractivity contribution in [3.8, 4) is 11.5 Å². The minimum atomic E-state index is -0.128. The van der Waals surface area contributed by atoms with E-state index >= 15 is 0 Å². The van der Waals surface area contributed by atoms with Crippen LogP contribution in [0.25, 0.3) is 10.2 Å². The molecule has 1 fully saturated rings. The monoisotopic (exact) mass is 396 g/mol. The lowest BCUT2D eigenvalue weighted by atomic mass is 10.2. The highest BCUT2D eigenvalue weighted by Gasteiger charge is 2.27. The van der Waals surface area contributed by atoms with Gasteiger partial charge in [-0.15, -0.1) is 11.3 Å². The zero-order chi connectivity index (χ0) is 19.1. The second kappa shape index (κ2) is 6.94. The molecule has 0 radical (unpaired) electrons. The van der Waals surface area contributed by atoms with E-state index in [4.69, 9.17) is 9.47 Å². The van der Waals surface area contributed by atoms with Crippen LogP contribution in [0.4, 0.5) is 5.82 Å². The molecule has 1 aliphatic heterocycles. The molecule has 0 bridgehead atoms. The van der Waals surface area contributed by atoms with Gasteiger partial charge in [0.1, 0.15) is 29.7 Å². The zero-order valence-corrected chi connectivity index (χ0v) is 16.2. The lowest BCUT2D eigenvalue weighted by Gasteiger charge is -2.26. The molecule has 8 heteroatoms. The van der Waals surface area contributed by atoms with E-state index in [1.807, 2.05) is 31.2 Å². The number of para-hydroxylation sites is 2. The van der Waals surface area contributed by atoms with Crippen molar-refractivity contribution in [1.82, 2.24) is 15.3 Å². The molecule has 0 saturated heterocycles. The maximum absolute atomic E-state index is 12.5. The van der Waals surface area contributed by atoms with Crippen LogP contribution in [0.15, 0.2) is 30.6 Å². The third-order valence-corrected chi connectivity index (χ3v) is 6.11. The van der Waals surface area contributed by atoms with Crippen LogP contribution in [0.2, 0.25) is 0 Å². The third-order valence-electron chi connectivity index (χ3n) is 4.91. The molecule has 0 spiro atoms. The van der Waals surface area contributed by atoms with E-state index in [0.717, 1.165) is 40.1 Å². The van der Waals surface area contributed by atoms with Crippen molar-refractivity contribution >= 4 is 33.3 Å². The predicted octanol–water partition coefficient (Wildman–Crippen LogP) is 3.14. The Morgan fingerprint density at radius 3 is 2.89 bits per heavy atom. The Labute approximate surface area is 166 Å². The van der Waals surface area contributed by atoms with Crippen LogP contribution in [0.5, 0.6) is 11.5 Å². The molecule has 7 nitrogen and oxygen atoms in total. The van der Waals surface area contributed by atoms with Crippen molar-refractivity contribution in [2.45, 2.75) is 31.9 Å². The summed E-state index contributed by atoms with van der Waals surface area (Å²) in [5.41, 5.74) is 0.910. The van der Waals surface area contributed by atoms with Crippen molar-refractivity contribution in [3.05, 3.63) is 41.0 Å². The van der Waals surface area contributed by atoms with Crippen LogP contribution in [0.1, 0.15) is 28.1 Å². The summed E-state index contributed by atoms with van der Waals surface area (Å²) >= 11 is 1.41. The van der Waals surface area contributed by atoms with Crippen LogP contribution in [-0.2, 0) is 0 Å². The number of rotatable bonds is 5. The molecule has 2 aromatic heterocycles. The van der Waals surface area contributed by atoms with E-state index in [9.17, 15) is 4.79 Å². The van der Waals surface area contributed by atoms with Crippen LogP contribution < -0.4 is 20.1 Å². The van der Waals surface area contributed by atoms with Gasteiger partial charge in [0.2, 0.25) is 0 Å². The molecule has 3 heterocycles. The first-order chi connectivity index (χ1) is 13.7. The molecule has 0 unspecified atom stereocenters. The highest BCUT2D eigenvalue weighted by atomic mass is 32.1.